The Morgan fingerprint density at radius 1 is 1.00 bits per heavy atom. The summed E-state index contributed by atoms with van der Waals surface area (Å²) in [4.78, 5) is 11.3. The fraction of sp³-hybridized carbons (Fsp3) is 0.0556. The molecule has 1 amide bonds. The summed E-state index contributed by atoms with van der Waals surface area (Å²) in [6, 6.07) is 19.4. The van der Waals surface area contributed by atoms with Crippen LogP contribution in [0.15, 0.2) is 66.7 Å². The zero-order valence-corrected chi connectivity index (χ0v) is 11.3. The predicted molar refractivity (Wildman–Crippen MR) is 81.6 cm³/mol. The molecular formula is C18H15NO. The van der Waals surface area contributed by atoms with Gasteiger partial charge in [0.1, 0.15) is 0 Å². The van der Waals surface area contributed by atoms with Gasteiger partial charge in [0, 0.05) is 18.6 Å². The Morgan fingerprint density at radius 2 is 1.60 bits per heavy atom. The van der Waals surface area contributed by atoms with Gasteiger partial charge >= 0.3 is 0 Å². The van der Waals surface area contributed by atoms with Gasteiger partial charge in [0.2, 0.25) is 5.91 Å². The van der Waals surface area contributed by atoms with Crippen molar-refractivity contribution in [2.45, 2.75) is 6.92 Å². The van der Waals surface area contributed by atoms with Crippen LogP contribution in [-0.4, -0.2) is 5.91 Å². The van der Waals surface area contributed by atoms with E-state index < -0.39 is 0 Å². The SMILES string of the molecule is CC(=O)N/C(=C/C#Cc1ccccc1)c1ccccc1. The summed E-state index contributed by atoms with van der Waals surface area (Å²) in [5, 5.41) is 2.80. The fourth-order valence-electron chi connectivity index (χ4n) is 1.71. The number of hydrogen-bond donors (Lipinski definition) is 1. The lowest BCUT2D eigenvalue weighted by Gasteiger charge is -2.06. The molecular weight excluding hydrogens is 246 g/mol. The van der Waals surface area contributed by atoms with Gasteiger partial charge in [0.15, 0.2) is 0 Å². The van der Waals surface area contributed by atoms with Crippen LogP contribution in [0.3, 0.4) is 0 Å². The van der Waals surface area contributed by atoms with Crippen molar-refractivity contribution in [3.8, 4) is 11.8 Å². The topological polar surface area (TPSA) is 29.1 Å². The van der Waals surface area contributed by atoms with Gasteiger partial charge in [0.05, 0.1) is 5.70 Å². The molecule has 0 saturated carbocycles. The molecule has 1 N–H and O–H groups in total. The van der Waals surface area contributed by atoms with Gasteiger partial charge in [0.25, 0.3) is 0 Å². The molecule has 0 unspecified atom stereocenters. The quantitative estimate of drug-likeness (QED) is 0.826. The molecule has 0 aliphatic rings. The van der Waals surface area contributed by atoms with Gasteiger partial charge in [-0.25, -0.2) is 0 Å². The van der Waals surface area contributed by atoms with Gasteiger partial charge in [-0.3, -0.25) is 4.79 Å². The van der Waals surface area contributed by atoms with E-state index in [1.165, 1.54) is 6.92 Å². The molecule has 2 rings (SSSR count). The van der Waals surface area contributed by atoms with Crippen LogP contribution in [0.5, 0.6) is 0 Å². The summed E-state index contributed by atoms with van der Waals surface area (Å²) in [5.74, 6) is 5.91. The van der Waals surface area contributed by atoms with E-state index >= 15 is 0 Å². The van der Waals surface area contributed by atoms with E-state index in [4.69, 9.17) is 0 Å². The van der Waals surface area contributed by atoms with Crippen LogP contribution >= 0.6 is 0 Å². The molecule has 0 bridgehead atoms. The lowest BCUT2D eigenvalue weighted by molar-refractivity contribution is -0.117. The van der Waals surface area contributed by atoms with Gasteiger partial charge in [-0.15, -0.1) is 0 Å². The first-order valence-corrected chi connectivity index (χ1v) is 6.35. The molecule has 0 heterocycles. The summed E-state index contributed by atoms with van der Waals surface area (Å²) in [7, 11) is 0. The first-order chi connectivity index (χ1) is 9.75. The highest BCUT2D eigenvalue weighted by molar-refractivity contribution is 5.85. The summed E-state index contributed by atoms with van der Waals surface area (Å²) in [6.45, 7) is 1.49. The van der Waals surface area contributed by atoms with Crippen molar-refractivity contribution in [1.29, 1.82) is 0 Å². The largest absolute Gasteiger partial charge is 0.325 e. The van der Waals surface area contributed by atoms with E-state index in [2.05, 4.69) is 17.2 Å². The van der Waals surface area contributed by atoms with Crippen molar-refractivity contribution in [1.82, 2.24) is 5.32 Å². The van der Waals surface area contributed by atoms with Crippen molar-refractivity contribution >= 4 is 11.6 Å². The van der Waals surface area contributed by atoms with Crippen LogP contribution in [0, 0.1) is 11.8 Å². The van der Waals surface area contributed by atoms with Crippen molar-refractivity contribution < 1.29 is 4.79 Å². The number of allylic oxidation sites excluding steroid dienone is 1. The smallest absolute Gasteiger partial charge is 0.221 e. The number of carbonyl (C=O) groups excluding carboxylic acids is 1. The number of carbonyl (C=O) groups is 1. The van der Waals surface area contributed by atoms with E-state index in [-0.39, 0.29) is 5.91 Å². The van der Waals surface area contributed by atoms with Crippen LogP contribution in [0.2, 0.25) is 0 Å². The Morgan fingerprint density at radius 3 is 2.20 bits per heavy atom. The third-order valence-corrected chi connectivity index (χ3v) is 2.60. The maximum atomic E-state index is 11.3. The Hall–Kier alpha value is -2.79. The van der Waals surface area contributed by atoms with Crippen molar-refractivity contribution in [3.05, 3.63) is 77.9 Å². The average Bonchev–Trinajstić information content (AvgIpc) is 2.48. The summed E-state index contributed by atoms with van der Waals surface area (Å²) in [6.07, 6.45) is 1.73. The Kier molecular flexibility index (Phi) is 4.75. The number of nitrogens with one attached hydrogen (secondary N) is 1. The lowest BCUT2D eigenvalue weighted by Crippen LogP contribution is -2.17. The van der Waals surface area contributed by atoms with Gasteiger partial charge in [-0.05, 0) is 17.7 Å². The van der Waals surface area contributed by atoms with Crippen LogP contribution in [-0.2, 0) is 4.79 Å². The Labute approximate surface area is 119 Å². The van der Waals surface area contributed by atoms with Crippen molar-refractivity contribution in [3.63, 3.8) is 0 Å². The molecule has 2 aromatic rings. The molecule has 0 aliphatic carbocycles. The number of rotatable bonds is 2. The zero-order chi connectivity index (χ0) is 14.2. The molecule has 0 aliphatic heterocycles. The first-order valence-electron chi connectivity index (χ1n) is 6.35. The van der Waals surface area contributed by atoms with Crippen LogP contribution in [0.4, 0.5) is 0 Å². The summed E-state index contributed by atoms with van der Waals surface area (Å²) < 4.78 is 0. The fourth-order valence-corrected chi connectivity index (χ4v) is 1.71. The Bertz CT molecular complexity index is 661. The number of hydrogen-bond acceptors (Lipinski definition) is 1. The van der Waals surface area contributed by atoms with Crippen LogP contribution in [0.1, 0.15) is 18.1 Å². The molecule has 2 heteroatoms. The van der Waals surface area contributed by atoms with Crippen LogP contribution < -0.4 is 5.32 Å². The maximum Gasteiger partial charge on any atom is 0.221 e. The minimum absolute atomic E-state index is 0.110. The van der Waals surface area contributed by atoms with Crippen molar-refractivity contribution in [2.24, 2.45) is 0 Å². The second-order valence-electron chi connectivity index (χ2n) is 4.24. The van der Waals surface area contributed by atoms with E-state index in [9.17, 15) is 4.79 Å². The highest BCUT2D eigenvalue weighted by atomic mass is 16.1. The molecule has 0 spiro atoms. The molecule has 0 radical (unpaired) electrons. The second-order valence-corrected chi connectivity index (χ2v) is 4.24. The third-order valence-electron chi connectivity index (χ3n) is 2.60. The van der Waals surface area contributed by atoms with E-state index in [1.54, 1.807) is 6.08 Å². The summed E-state index contributed by atoms with van der Waals surface area (Å²) >= 11 is 0. The van der Waals surface area contributed by atoms with Crippen molar-refractivity contribution in [2.75, 3.05) is 0 Å². The molecule has 0 atom stereocenters. The third kappa shape index (κ3) is 4.15. The molecule has 98 valence electrons. The zero-order valence-electron chi connectivity index (χ0n) is 11.3. The molecule has 0 saturated heterocycles. The average molecular weight is 261 g/mol. The standard InChI is InChI=1S/C18H15NO/c1-15(20)19-18(17-12-6-3-7-13-17)14-8-11-16-9-4-2-5-10-16/h2-7,9-10,12-14H,1H3,(H,19,20)/b18-14+. The van der Waals surface area contributed by atoms with E-state index in [1.807, 2.05) is 60.7 Å². The molecule has 20 heavy (non-hydrogen) atoms. The molecule has 0 aromatic heterocycles. The summed E-state index contributed by atoms with van der Waals surface area (Å²) in [5.41, 5.74) is 2.59. The Balaban J connectivity index is 2.26. The minimum Gasteiger partial charge on any atom is -0.325 e. The molecule has 2 nitrogen and oxygen atoms in total. The highest BCUT2D eigenvalue weighted by Gasteiger charge is 2.01. The van der Waals surface area contributed by atoms with Gasteiger partial charge in [-0.1, -0.05) is 60.4 Å². The molecule has 0 fully saturated rings. The minimum atomic E-state index is -0.110. The highest BCUT2D eigenvalue weighted by Crippen LogP contribution is 2.10. The van der Waals surface area contributed by atoms with E-state index in [0.717, 1.165) is 11.1 Å². The predicted octanol–water partition coefficient (Wildman–Crippen LogP) is 3.22. The number of amides is 1. The van der Waals surface area contributed by atoms with E-state index in [0.29, 0.717) is 5.70 Å². The van der Waals surface area contributed by atoms with Gasteiger partial charge in [-0.2, -0.15) is 0 Å². The lowest BCUT2D eigenvalue weighted by atomic mass is 10.1. The monoisotopic (exact) mass is 261 g/mol. The maximum absolute atomic E-state index is 11.3. The normalized spacial score (nSPS) is 10.3. The number of benzene rings is 2. The second kappa shape index (κ2) is 6.96. The molecule has 2 aromatic carbocycles. The van der Waals surface area contributed by atoms with Gasteiger partial charge < -0.3 is 5.32 Å². The van der Waals surface area contributed by atoms with Crippen LogP contribution in [0.25, 0.3) is 5.70 Å². The first kappa shape index (κ1) is 13.6.